The molecule has 1 amide bonds. The fourth-order valence-electron chi connectivity index (χ4n) is 2.31. The summed E-state index contributed by atoms with van der Waals surface area (Å²) in [6.45, 7) is 6.74. The summed E-state index contributed by atoms with van der Waals surface area (Å²) < 4.78 is 11.0. The lowest BCUT2D eigenvalue weighted by molar-refractivity contribution is -0.128. The third-order valence-corrected chi connectivity index (χ3v) is 4.05. The smallest absolute Gasteiger partial charge is 0.410 e. The number of carbonyl (C=O) groups is 2. The van der Waals surface area contributed by atoms with Crippen molar-refractivity contribution in [2.75, 3.05) is 19.7 Å². The predicted molar refractivity (Wildman–Crippen MR) is 69.9 cm³/mol. The molecule has 108 valence electrons. The van der Waals surface area contributed by atoms with Crippen LogP contribution in [0.5, 0.6) is 0 Å². The average molecular weight is 269 g/mol. The molecule has 2 aliphatic rings. The Labute approximate surface area is 114 Å². The van der Waals surface area contributed by atoms with E-state index in [4.69, 9.17) is 9.47 Å². The second kappa shape index (κ2) is 5.49. The number of nitrogens with zero attached hydrogens (tertiary/aromatic N) is 1. The third kappa shape index (κ3) is 3.47. The summed E-state index contributed by atoms with van der Waals surface area (Å²) in [5.74, 6) is 0.252. The normalized spacial score (nSPS) is 26.8. The van der Waals surface area contributed by atoms with Gasteiger partial charge in [-0.3, -0.25) is 4.79 Å². The molecule has 1 atom stereocenters. The average Bonchev–Trinajstić information content (AvgIpc) is 3.10. The molecular formula is C14H23NO4. The molecule has 1 heterocycles. The van der Waals surface area contributed by atoms with Crippen molar-refractivity contribution in [1.82, 2.24) is 4.90 Å². The van der Waals surface area contributed by atoms with Crippen LogP contribution in [0.15, 0.2) is 0 Å². The monoisotopic (exact) mass is 269 g/mol. The number of hydrogen-bond acceptors (Lipinski definition) is 4. The van der Waals surface area contributed by atoms with E-state index in [0.717, 1.165) is 19.3 Å². The van der Waals surface area contributed by atoms with Crippen LogP contribution in [0.4, 0.5) is 4.79 Å². The zero-order valence-electron chi connectivity index (χ0n) is 12.0. The van der Waals surface area contributed by atoms with Gasteiger partial charge in [-0.25, -0.2) is 4.79 Å². The highest BCUT2D eigenvalue weighted by Gasteiger charge is 2.50. The molecule has 2 fully saturated rings. The first-order chi connectivity index (χ1) is 8.93. The number of amides is 1. The first kappa shape index (κ1) is 14.3. The molecule has 0 N–H and O–H groups in total. The van der Waals surface area contributed by atoms with E-state index in [2.05, 4.69) is 13.8 Å². The minimum atomic E-state index is -0.353. The highest BCUT2D eigenvalue weighted by atomic mass is 16.6. The van der Waals surface area contributed by atoms with E-state index >= 15 is 0 Å². The molecule has 0 radical (unpaired) electrons. The second-order valence-corrected chi connectivity index (χ2v) is 5.96. The van der Waals surface area contributed by atoms with Gasteiger partial charge in [-0.2, -0.15) is 0 Å². The number of Topliss-reactive ketones (excluding diaryl/α,β-unsaturated/α-hetero) is 1. The molecule has 0 aromatic heterocycles. The molecule has 1 unspecified atom stereocenters. The molecule has 19 heavy (non-hydrogen) atoms. The van der Waals surface area contributed by atoms with Crippen molar-refractivity contribution in [2.24, 2.45) is 5.92 Å². The Hall–Kier alpha value is -1.10. The summed E-state index contributed by atoms with van der Waals surface area (Å²) in [4.78, 5) is 25.3. The fraction of sp³-hybridized carbons (Fsp3) is 0.857. The second-order valence-electron chi connectivity index (χ2n) is 5.96. The van der Waals surface area contributed by atoms with Gasteiger partial charge in [-0.05, 0) is 32.1 Å². The van der Waals surface area contributed by atoms with Crippen molar-refractivity contribution in [3.63, 3.8) is 0 Å². The van der Waals surface area contributed by atoms with Gasteiger partial charge in [0.25, 0.3) is 0 Å². The third-order valence-electron chi connectivity index (χ3n) is 4.05. The van der Waals surface area contributed by atoms with Gasteiger partial charge in [0, 0.05) is 6.54 Å². The summed E-state index contributed by atoms with van der Waals surface area (Å²) >= 11 is 0. The van der Waals surface area contributed by atoms with Gasteiger partial charge < -0.3 is 14.4 Å². The lowest BCUT2D eigenvalue weighted by atomic mass is 10.1. The van der Waals surface area contributed by atoms with Crippen LogP contribution in [-0.4, -0.2) is 48.2 Å². The van der Waals surface area contributed by atoms with Gasteiger partial charge in [0.1, 0.15) is 12.2 Å². The number of ketones is 1. The summed E-state index contributed by atoms with van der Waals surface area (Å²) in [6, 6.07) is 0. The van der Waals surface area contributed by atoms with E-state index in [9.17, 15) is 9.59 Å². The molecular weight excluding hydrogens is 246 g/mol. The lowest BCUT2D eigenvalue weighted by Gasteiger charge is -2.29. The first-order valence-corrected chi connectivity index (χ1v) is 7.04. The highest BCUT2D eigenvalue weighted by molar-refractivity contribution is 5.85. The minimum absolute atomic E-state index is 0.000432. The van der Waals surface area contributed by atoms with E-state index in [1.165, 1.54) is 4.90 Å². The maximum Gasteiger partial charge on any atom is 0.410 e. The van der Waals surface area contributed by atoms with Crippen LogP contribution in [0.3, 0.4) is 0 Å². The minimum Gasteiger partial charge on any atom is -0.443 e. The Morgan fingerprint density at radius 3 is 2.74 bits per heavy atom. The Bertz CT molecular complexity index is 362. The summed E-state index contributed by atoms with van der Waals surface area (Å²) in [5.41, 5.74) is -0.287. The van der Waals surface area contributed by atoms with Crippen LogP contribution in [0.25, 0.3) is 0 Å². The molecule has 5 heteroatoms. The molecule has 1 saturated heterocycles. The molecule has 0 aromatic rings. The van der Waals surface area contributed by atoms with Crippen LogP contribution in [-0.2, 0) is 14.3 Å². The van der Waals surface area contributed by atoms with Gasteiger partial charge in [0.2, 0.25) is 0 Å². The van der Waals surface area contributed by atoms with Crippen molar-refractivity contribution in [3.8, 4) is 0 Å². The molecule has 5 nitrogen and oxygen atoms in total. The number of ether oxygens (including phenoxy) is 2. The maximum atomic E-state index is 12.2. The van der Waals surface area contributed by atoms with Crippen LogP contribution in [0, 0.1) is 5.92 Å². The predicted octanol–water partition coefficient (Wildman–Crippen LogP) is 1.99. The van der Waals surface area contributed by atoms with E-state index in [0.29, 0.717) is 12.5 Å². The molecule has 1 aliphatic heterocycles. The van der Waals surface area contributed by atoms with Crippen molar-refractivity contribution in [3.05, 3.63) is 0 Å². The molecule has 0 spiro atoms. The Morgan fingerprint density at radius 1 is 1.47 bits per heavy atom. The van der Waals surface area contributed by atoms with Crippen molar-refractivity contribution >= 4 is 11.9 Å². The van der Waals surface area contributed by atoms with Crippen LogP contribution in [0.2, 0.25) is 0 Å². The van der Waals surface area contributed by atoms with Gasteiger partial charge in [-0.15, -0.1) is 0 Å². The molecule has 0 aromatic carbocycles. The maximum absolute atomic E-state index is 12.2. The van der Waals surface area contributed by atoms with Crippen molar-refractivity contribution in [1.29, 1.82) is 0 Å². The standard InChI is InChI=1S/C14H23NO4/c1-10(2)14(5-6-14)19-13(17)15-7-4-11(3)18-9-12(16)8-15/h10-11H,4-9H2,1-3H3. The zero-order chi connectivity index (χ0) is 14.0. The SMILES string of the molecule is CC1CCN(C(=O)OC2(C(C)C)CC2)CC(=O)CO1. The quantitative estimate of drug-likeness (QED) is 0.769. The van der Waals surface area contributed by atoms with Crippen LogP contribution < -0.4 is 0 Å². The Balaban J connectivity index is 1.95. The first-order valence-electron chi connectivity index (χ1n) is 7.04. The number of hydrogen-bond donors (Lipinski definition) is 0. The molecule has 1 aliphatic carbocycles. The van der Waals surface area contributed by atoms with Crippen molar-refractivity contribution < 1.29 is 19.1 Å². The number of rotatable bonds is 2. The molecule has 0 bridgehead atoms. The van der Waals surface area contributed by atoms with Crippen molar-refractivity contribution in [2.45, 2.75) is 51.7 Å². The van der Waals surface area contributed by atoms with Gasteiger partial charge in [0.15, 0.2) is 5.78 Å². The van der Waals surface area contributed by atoms with Gasteiger partial charge in [0.05, 0.1) is 12.6 Å². The van der Waals surface area contributed by atoms with E-state index in [-0.39, 0.29) is 36.7 Å². The van der Waals surface area contributed by atoms with Gasteiger partial charge in [-0.1, -0.05) is 13.8 Å². The van der Waals surface area contributed by atoms with E-state index < -0.39 is 0 Å². The summed E-state index contributed by atoms with van der Waals surface area (Å²) in [5, 5.41) is 0. The number of carbonyl (C=O) groups excluding carboxylic acids is 2. The molecule has 2 rings (SSSR count). The van der Waals surface area contributed by atoms with E-state index in [1.54, 1.807) is 0 Å². The van der Waals surface area contributed by atoms with E-state index in [1.807, 2.05) is 6.92 Å². The van der Waals surface area contributed by atoms with Gasteiger partial charge >= 0.3 is 6.09 Å². The lowest BCUT2D eigenvalue weighted by Crippen LogP contribution is -2.43. The Morgan fingerprint density at radius 2 is 2.16 bits per heavy atom. The fourth-order valence-corrected chi connectivity index (χ4v) is 2.31. The largest absolute Gasteiger partial charge is 0.443 e. The van der Waals surface area contributed by atoms with Crippen LogP contribution in [0.1, 0.15) is 40.0 Å². The summed E-state index contributed by atoms with van der Waals surface area (Å²) in [7, 11) is 0. The Kier molecular flexibility index (Phi) is 4.13. The summed E-state index contributed by atoms with van der Waals surface area (Å²) in [6.07, 6.45) is 2.24. The highest BCUT2D eigenvalue weighted by Crippen LogP contribution is 2.46. The topological polar surface area (TPSA) is 55.8 Å². The zero-order valence-corrected chi connectivity index (χ0v) is 12.0. The molecule has 1 saturated carbocycles. The van der Waals surface area contributed by atoms with Crippen LogP contribution >= 0.6 is 0 Å².